The highest BCUT2D eigenvalue weighted by atomic mass is 35.5. The van der Waals surface area contributed by atoms with Crippen LogP contribution >= 0.6 is 23.2 Å². The lowest BCUT2D eigenvalue weighted by Gasteiger charge is -2.24. The molecule has 0 saturated carbocycles. The van der Waals surface area contributed by atoms with E-state index in [1.54, 1.807) is 20.8 Å². The van der Waals surface area contributed by atoms with E-state index in [4.69, 9.17) is 23.2 Å². The van der Waals surface area contributed by atoms with Gasteiger partial charge in [-0.25, -0.2) is 0 Å². The maximum absolute atomic E-state index is 12.0. The number of carbonyl (C=O) groups is 1. The van der Waals surface area contributed by atoms with E-state index in [-0.39, 0.29) is 27.6 Å². The number of hydrogen-bond donors (Lipinski definition) is 0. The highest BCUT2D eigenvalue weighted by Gasteiger charge is 2.23. The lowest BCUT2D eigenvalue weighted by atomic mass is 10.1. The van der Waals surface area contributed by atoms with Crippen LogP contribution in [0.4, 0.5) is 11.4 Å². The first-order valence-electron chi connectivity index (χ1n) is 5.74. The Bertz CT molecular complexity index is 518. The van der Waals surface area contributed by atoms with Gasteiger partial charge in [0.1, 0.15) is 5.02 Å². The van der Waals surface area contributed by atoms with Gasteiger partial charge in [0, 0.05) is 18.5 Å². The zero-order chi connectivity index (χ0) is 14.7. The normalized spacial score (nSPS) is 10.6. The predicted molar refractivity (Wildman–Crippen MR) is 76.0 cm³/mol. The van der Waals surface area contributed by atoms with E-state index in [2.05, 4.69) is 0 Å². The van der Waals surface area contributed by atoms with Crippen molar-refractivity contribution in [1.29, 1.82) is 0 Å². The van der Waals surface area contributed by atoms with Crippen LogP contribution in [0.1, 0.15) is 20.8 Å². The van der Waals surface area contributed by atoms with Crippen molar-refractivity contribution in [1.82, 2.24) is 0 Å². The van der Waals surface area contributed by atoms with Gasteiger partial charge in [-0.05, 0) is 13.0 Å². The van der Waals surface area contributed by atoms with Gasteiger partial charge in [0.25, 0.3) is 5.69 Å². The number of nitro groups is 1. The zero-order valence-corrected chi connectivity index (χ0v) is 12.3. The van der Waals surface area contributed by atoms with Crippen molar-refractivity contribution < 1.29 is 9.72 Å². The second-order valence-electron chi connectivity index (χ2n) is 4.25. The summed E-state index contributed by atoms with van der Waals surface area (Å²) in [6, 6.07) is 2.52. The smallest absolute Gasteiger partial charge is 0.289 e. The maximum Gasteiger partial charge on any atom is 0.289 e. The Kier molecular flexibility index (Phi) is 5.14. The van der Waals surface area contributed by atoms with E-state index in [0.717, 1.165) is 6.07 Å². The van der Waals surface area contributed by atoms with E-state index in [9.17, 15) is 14.9 Å². The molecule has 5 nitrogen and oxygen atoms in total. The van der Waals surface area contributed by atoms with E-state index in [1.165, 1.54) is 11.0 Å². The Morgan fingerprint density at radius 1 is 1.37 bits per heavy atom. The Balaban J connectivity index is 3.30. The summed E-state index contributed by atoms with van der Waals surface area (Å²) in [5.41, 5.74) is 0.113. The van der Waals surface area contributed by atoms with Crippen LogP contribution in [0.2, 0.25) is 10.0 Å². The second kappa shape index (κ2) is 6.21. The molecular weight excluding hydrogens is 291 g/mol. The number of halogens is 2. The van der Waals surface area contributed by atoms with Crippen LogP contribution in [0, 0.1) is 16.0 Å². The average molecular weight is 305 g/mol. The Morgan fingerprint density at radius 2 is 1.95 bits per heavy atom. The van der Waals surface area contributed by atoms with Gasteiger partial charge in [0.05, 0.1) is 15.6 Å². The fourth-order valence-electron chi connectivity index (χ4n) is 1.63. The van der Waals surface area contributed by atoms with E-state index >= 15 is 0 Å². The van der Waals surface area contributed by atoms with Crippen molar-refractivity contribution in [2.24, 2.45) is 5.92 Å². The molecule has 1 amide bonds. The Labute approximate surface area is 121 Å². The Morgan fingerprint density at radius 3 is 2.37 bits per heavy atom. The highest BCUT2D eigenvalue weighted by Crippen LogP contribution is 2.36. The molecule has 0 saturated heterocycles. The van der Waals surface area contributed by atoms with Crippen LogP contribution < -0.4 is 4.90 Å². The molecular formula is C12H14Cl2N2O3. The fourth-order valence-corrected chi connectivity index (χ4v) is 2.12. The number of carbonyl (C=O) groups excluding carboxylic acids is 1. The first-order valence-corrected chi connectivity index (χ1v) is 6.50. The van der Waals surface area contributed by atoms with Crippen molar-refractivity contribution >= 4 is 40.5 Å². The van der Waals surface area contributed by atoms with Crippen molar-refractivity contribution in [3.63, 3.8) is 0 Å². The van der Waals surface area contributed by atoms with Crippen LogP contribution in [0.25, 0.3) is 0 Å². The molecule has 19 heavy (non-hydrogen) atoms. The Hall–Kier alpha value is -1.33. The van der Waals surface area contributed by atoms with Crippen LogP contribution in [0.5, 0.6) is 0 Å². The molecule has 1 rings (SSSR count). The third-order valence-electron chi connectivity index (χ3n) is 2.58. The minimum atomic E-state index is -0.613. The number of rotatable bonds is 4. The quantitative estimate of drug-likeness (QED) is 0.626. The zero-order valence-electron chi connectivity index (χ0n) is 10.8. The topological polar surface area (TPSA) is 63.5 Å². The molecule has 0 aliphatic heterocycles. The van der Waals surface area contributed by atoms with E-state index in [0.29, 0.717) is 12.2 Å². The van der Waals surface area contributed by atoms with Crippen molar-refractivity contribution in [3.8, 4) is 0 Å². The standard InChI is InChI=1S/C12H14Cl2N2O3/c1-4-15(12(17)7(2)3)10-5-9(14)11(16(18)19)6-8(10)13/h5-7H,4H2,1-3H3. The lowest BCUT2D eigenvalue weighted by molar-refractivity contribution is -0.384. The summed E-state index contributed by atoms with van der Waals surface area (Å²) in [5.74, 6) is -0.320. The largest absolute Gasteiger partial charge is 0.311 e. The second-order valence-corrected chi connectivity index (χ2v) is 5.06. The van der Waals surface area contributed by atoms with Crippen LogP contribution in [-0.2, 0) is 4.79 Å². The highest BCUT2D eigenvalue weighted by molar-refractivity contribution is 6.37. The maximum atomic E-state index is 12.0. The molecule has 0 heterocycles. The molecule has 104 valence electrons. The molecule has 0 atom stereocenters. The van der Waals surface area contributed by atoms with Crippen LogP contribution in [-0.4, -0.2) is 17.4 Å². The summed E-state index contributed by atoms with van der Waals surface area (Å²) in [6.07, 6.45) is 0. The number of hydrogen-bond acceptors (Lipinski definition) is 3. The molecule has 0 aromatic heterocycles. The van der Waals surface area contributed by atoms with Gasteiger partial charge in [0.15, 0.2) is 0 Å². The third-order valence-corrected chi connectivity index (χ3v) is 3.19. The molecule has 0 aliphatic rings. The van der Waals surface area contributed by atoms with E-state index < -0.39 is 4.92 Å². The van der Waals surface area contributed by atoms with Gasteiger partial charge < -0.3 is 4.90 Å². The molecule has 0 radical (unpaired) electrons. The van der Waals surface area contributed by atoms with Crippen molar-refractivity contribution in [2.45, 2.75) is 20.8 Å². The molecule has 1 aromatic rings. The van der Waals surface area contributed by atoms with Crippen LogP contribution in [0.15, 0.2) is 12.1 Å². The molecule has 7 heteroatoms. The molecule has 0 unspecified atom stereocenters. The summed E-state index contributed by atoms with van der Waals surface area (Å²) in [5, 5.41) is 10.8. The summed E-state index contributed by atoms with van der Waals surface area (Å²) >= 11 is 11.9. The first-order chi connectivity index (χ1) is 8.79. The number of anilines is 1. The lowest BCUT2D eigenvalue weighted by Crippen LogP contribution is -2.34. The minimum absolute atomic E-state index is 0.0422. The van der Waals surface area contributed by atoms with Gasteiger partial charge in [-0.2, -0.15) is 0 Å². The molecule has 1 aromatic carbocycles. The summed E-state index contributed by atoms with van der Waals surface area (Å²) in [4.78, 5) is 23.6. The summed E-state index contributed by atoms with van der Waals surface area (Å²) in [7, 11) is 0. The van der Waals surface area contributed by atoms with E-state index in [1.807, 2.05) is 0 Å². The molecule has 0 spiro atoms. The third kappa shape index (κ3) is 3.36. The summed E-state index contributed by atoms with van der Waals surface area (Å²) in [6.45, 7) is 5.74. The minimum Gasteiger partial charge on any atom is -0.311 e. The van der Waals surface area contributed by atoms with Gasteiger partial charge in [-0.15, -0.1) is 0 Å². The fraction of sp³-hybridized carbons (Fsp3) is 0.417. The molecule has 0 N–H and O–H groups in total. The predicted octanol–water partition coefficient (Wildman–Crippen LogP) is 3.91. The number of benzene rings is 1. The van der Waals surface area contributed by atoms with Gasteiger partial charge >= 0.3 is 0 Å². The number of nitrogens with zero attached hydrogens (tertiary/aromatic N) is 2. The molecule has 0 aliphatic carbocycles. The molecule has 0 fully saturated rings. The number of nitro benzene ring substituents is 1. The first kappa shape index (κ1) is 15.7. The molecule has 0 bridgehead atoms. The van der Waals surface area contributed by atoms with Gasteiger partial charge in [-0.3, -0.25) is 14.9 Å². The SMILES string of the molecule is CCN(C(=O)C(C)C)c1cc(Cl)c([N+](=O)[O-])cc1Cl. The number of amides is 1. The summed E-state index contributed by atoms with van der Waals surface area (Å²) < 4.78 is 0. The average Bonchev–Trinajstić information content (AvgIpc) is 2.33. The van der Waals surface area contributed by atoms with Gasteiger partial charge in [-0.1, -0.05) is 37.0 Å². The van der Waals surface area contributed by atoms with Crippen molar-refractivity contribution in [2.75, 3.05) is 11.4 Å². The van der Waals surface area contributed by atoms with Gasteiger partial charge in [0.2, 0.25) is 5.91 Å². The van der Waals surface area contributed by atoms with Crippen LogP contribution in [0.3, 0.4) is 0 Å². The monoisotopic (exact) mass is 304 g/mol. The van der Waals surface area contributed by atoms with Crippen molar-refractivity contribution in [3.05, 3.63) is 32.3 Å².